The Labute approximate surface area is 107 Å². The number of benzene rings is 1. The number of hydrogen-bond donors (Lipinski definition) is 1. The monoisotopic (exact) mass is 249 g/mol. The first-order chi connectivity index (χ1) is 8.70. The van der Waals surface area contributed by atoms with E-state index in [4.69, 9.17) is 4.74 Å². The second kappa shape index (κ2) is 5.87. The van der Waals surface area contributed by atoms with E-state index in [9.17, 15) is 9.90 Å². The second-order valence-corrected chi connectivity index (χ2v) is 4.57. The summed E-state index contributed by atoms with van der Waals surface area (Å²) in [5.41, 5.74) is 0.623. The second-order valence-electron chi connectivity index (χ2n) is 4.57. The van der Waals surface area contributed by atoms with Gasteiger partial charge in [-0.1, -0.05) is 13.0 Å². The van der Waals surface area contributed by atoms with Gasteiger partial charge in [0, 0.05) is 18.7 Å². The molecule has 0 aromatic heterocycles. The van der Waals surface area contributed by atoms with E-state index in [2.05, 4.69) is 0 Å². The van der Waals surface area contributed by atoms with Gasteiger partial charge < -0.3 is 14.7 Å². The van der Waals surface area contributed by atoms with E-state index in [0.717, 1.165) is 12.2 Å². The number of aliphatic hydroxyl groups is 1. The van der Waals surface area contributed by atoms with Crippen molar-refractivity contribution in [3.05, 3.63) is 29.8 Å². The van der Waals surface area contributed by atoms with Crippen LogP contribution in [0.3, 0.4) is 0 Å². The molecule has 0 saturated carbocycles. The van der Waals surface area contributed by atoms with Crippen LogP contribution in [0.1, 0.15) is 30.1 Å². The molecule has 0 radical (unpaired) electrons. The molecule has 1 N–H and O–H groups in total. The molecular formula is C14H19NO3. The maximum atomic E-state index is 12.2. The Bertz CT molecular complexity index is 419. The summed E-state index contributed by atoms with van der Waals surface area (Å²) >= 11 is 0. The molecule has 1 aliphatic rings. The Balaban J connectivity index is 2.05. The van der Waals surface area contributed by atoms with Crippen LogP contribution in [0.25, 0.3) is 0 Å². The third-order valence-electron chi connectivity index (χ3n) is 3.00. The van der Waals surface area contributed by atoms with Crippen molar-refractivity contribution < 1.29 is 14.6 Å². The van der Waals surface area contributed by atoms with Crippen molar-refractivity contribution in [3.63, 3.8) is 0 Å². The van der Waals surface area contributed by atoms with Crippen molar-refractivity contribution >= 4 is 5.91 Å². The molecule has 4 nitrogen and oxygen atoms in total. The van der Waals surface area contributed by atoms with Crippen LogP contribution in [-0.4, -0.2) is 41.7 Å². The van der Waals surface area contributed by atoms with Crippen LogP contribution in [0.15, 0.2) is 24.3 Å². The Kier molecular flexibility index (Phi) is 4.20. The van der Waals surface area contributed by atoms with Crippen molar-refractivity contribution in [1.29, 1.82) is 0 Å². The predicted molar refractivity (Wildman–Crippen MR) is 68.8 cm³/mol. The number of aliphatic hydroxyl groups excluding tert-OH is 1. The van der Waals surface area contributed by atoms with Crippen LogP contribution >= 0.6 is 0 Å². The Morgan fingerprint density at radius 3 is 3.06 bits per heavy atom. The lowest BCUT2D eigenvalue weighted by molar-refractivity contribution is 0.0764. The lowest BCUT2D eigenvalue weighted by atomic mass is 10.2. The topological polar surface area (TPSA) is 49.8 Å². The molecule has 1 aromatic rings. The largest absolute Gasteiger partial charge is 0.494 e. The van der Waals surface area contributed by atoms with Crippen LogP contribution in [0.5, 0.6) is 5.75 Å². The standard InChI is InChI=1S/C14H19NO3/c1-2-8-18-13-5-3-4-11(9-13)14(17)15-7-6-12(16)10-15/h3-5,9,12,16H,2,6-8,10H2,1H3/t12-/m0/s1. The molecule has 1 aromatic carbocycles. The lowest BCUT2D eigenvalue weighted by Crippen LogP contribution is -2.29. The van der Waals surface area contributed by atoms with Crippen LogP contribution in [-0.2, 0) is 0 Å². The van der Waals surface area contributed by atoms with Crippen molar-refractivity contribution in [3.8, 4) is 5.75 Å². The number of amides is 1. The number of likely N-dealkylation sites (tertiary alicyclic amines) is 1. The highest BCUT2D eigenvalue weighted by atomic mass is 16.5. The molecule has 4 heteroatoms. The van der Waals surface area contributed by atoms with Gasteiger partial charge in [-0.05, 0) is 31.0 Å². The highest BCUT2D eigenvalue weighted by molar-refractivity contribution is 5.94. The van der Waals surface area contributed by atoms with E-state index in [0.29, 0.717) is 31.7 Å². The maximum absolute atomic E-state index is 12.2. The van der Waals surface area contributed by atoms with Gasteiger partial charge in [-0.3, -0.25) is 4.79 Å². The summed E-state index contributed by atoms with van der Waals surface area (Å²) in [5, 5.41) is 9.45. The summed E-state index contributed by atoms with van der Waals surface area (Å²) in [5.74, 6) is 0.691. The van der Waals surface area contributed by atoms with Gasteiger partial charge in [0.1, 0.15) is 5.75 Å². The number of carbonyl (C=O) groups is 1. The van der Waals surface area contributed by atoms with Crippen molar-refractivity contribution in [1.82, 2.24) is 4.90 Å². The minimum Gasteiger partial charge on any atom is -0.494 e. The fourth-order valence-corrected chi connectivity index (χ4v) is 2.05. The van der Waals surface area contributed by atoms with E-state index in [1.165, 1.54) is 0 Å². The minimum atomic E-state index is -0.381. The molecule has 0 spiro atoms. The molecule has 0 unspecified atom stereocenters. The van der Waals surface area contributed by atoms with Crippen LogP contribution < -0.4 is 4.74 Å². The molecule has 2 rings (SSSR count). The fourth-order valence-electron chi connectivity index (χ4n) is 2.05. The molecule has 18 heavy (non-hydrogen) atoms. The lowest BCUT2D eigenvalue weighted by Gasteiger charge is -2.16. The van der Waals surface area contributed by atoms with Gasteiger partial charge in [-0.2, -0.15) is 0 Å². The number of β-amino-alcohol motifs (C(OH)–C–C–N with tert-alkyl or cyclic N) is 1. The number of hydrogen-bond acceptors (Lipinski definition) is 3. The first kappa shape index (κ1) is 12.9. The van der Waals surface area contributed by atoms with Gasteiger partial charge in [0.2, 0.25) is 0 Å². The van der Waals surface area contributed by atoms with Crippen LogP contribution in [0, 0.1) is 0 Å². The van der Waals surface area contributed by atoms with E-state index < -0.39 is 0 Å². The van der Waals surface area contributed by atoms with E-state index in [1.54, 1.807) is 17.0 Å². The molecule has 1 saturated heterocycles. The molecule has 1 aliphatic heterocycles. The zero-order valence-electron chi connectivity index (χ0n) is 10.6. The van der Waals surface area contributed by atoms with E-state index in [-0.39, 0.29) is 12.0 Å². The highest BCUT2D eigenvalue weighted by Crippen LogP contribution is 2.18. The minimum absolute atomic E-state index is 0.0338. The zero-order valence-corrected chi connectivity index (χ0v) is 10.6. The first-order valence-electron chi connectivity index (χ1n) is 6.41. The number of carbonyl (C=O) groups excluding carboxylic acids is 1. The van der Waals surface area contributed by atoms with E-state index in [1.807, 2.05) is 19.1 Å². The summed E-state index contributed by atoms with van der Waals surface area (Å²) < 4.78 is 5.51. The predicted octanol–water partition coefficient (Wildman–Crippen LogP) is 1.68. The van der Waals surface area contributed by atoms with Crippen LogP contribution in [0.4, 0.5) is 0 Å². The third-order valence-corrected chi connectivity index (χ3v) is 3.00. The Hall–Kier alpha value is -1.55. The van der Waals surface area contributed by atoms with Crippen molar-refractivity contribution in [2.24, 2.45) is 0 Å². The van der Waals surface area contributed by atoms with E-state index >= 15 is 0 Å². The molecule has 1 fully saturated rings. The average molecular weight is 249 g/mol. The summed E-state index contributed by atoms with van der Waals surface area (Å²) in [7, 11) is 0. The van der Waals surface area contributed by atoms with Gasteiger partial charge in [0.25, 0.3) is 5.91 Å². The van der Waals surface area contributed by atoms with Gasteiger partial charge in [-0.15, -0.1) is 0 Å². The molecule has 1 atom stereocenters. The molecular weight excluding hydrogens is 230 g/mol. The summed E-state index contributed by atoms with van der Waals surface area (Å²) in [6.45, 7) is 3.75. The van der Waals surface area contributed by atoms with Crippen molar-refractivity contribution in [2.45, 2.75) is 25.9 Å². The van der Waals surface area contributed by atoms with Crippen LogP contribution in [0.2, 0.25) is 0 Å². The number of ether oxygens (including phenoxy) is 1. The number of rotatable bonds is 4. The fraction of sp³-hybridized carbons (Fsp3) is 0.500. The van der Waals surface area contributed by atoms with Gasteiger partial charge in [0.15, 0.2) is 0 Å². The molecule has 0 aliphatic carbocycles. The molecule has 1 amide bonds. The smallest absolute Gasteiger partial charge is 0.254 e. The summed E-state index contributed by atoms with van der Waals surface area (Å²) in [6.07, 6.45) is 1.22. The number of nitrogens with zero attached hydrogens (tertiary/aromatic N) is 1. The quantitative estimate of drug-likeness (QED) is 0.883. The molecule has 1 heterocycles. The zero-order chi connectivity index (χ0) is 13.0. The molecule has 0 bridgehead atoms. The molecule has 98 valence electrons. The van der Waals surface area contributed by atoms with Crippen molar-refractivity contribution in [2.75, 3.05) is 19.7 Å². The average Bonchev–Trinajstić information content (AvgIpc) is 2.82. The summed E-state index contributed by atoms with van der Waals surface area (Å²) in [4.78, 5) is 13.9. The van der Waals surface area contributed by atoms with Gasteiger partial charge in [0.05, 0.1) is 12.7 Å². The third kappa shape index (κ3) is 3.01. The summed E-state index contributed by atoms with van der Waals surface area (Å²) in [6, 6.07) is 7.23. The maximum Gasteiger partial charge on any atom is 0.254 e. The van der Waals surface area contributed by atoms with Gasteiger partial charge in [-0.25, -0.2) is 0 Å². The Morgan fingerprint density at radius 2 is 2.39 bits per heavy atom. The SMILES string of the molecule is CCCOc1cccc(C(=O)N2CC[C@H](O)C2)c1. The first-order valence-corrected chi connectivity index (χ1v) is 6.41. The van der Waals surface area contributed by atoms with Gasteiger partial charge >= 0.3 is 0 Å². The Morgan fingerprint density at radius 1 is 1.56 bits per heavy atom. The highest BCUT2D eigenvalue weighted by Gasteiger charge is 2.25. The normalized spacial score (nSPS) is 19.0.